The fourth-order valence-corrected chi connectivity index (χ4v) is 2.29. The Morgan fingerprint density at radius 3 is 2.88 bits per heavy atom. The lowest BCUT2D eigenvalue weighted by Crippen LogP contribution is -2.43. The minimum absolute atomic E-state index is 0.0297. The standard InChI is InChI=1S/C11H17N3O2/c15-10(13-8-1-2-8)9-7-11(16-14-9)3-5-12-6-4-11/h8,12H,1-7H2,(H,13,15). The van der Waals surface area contributed by atoms with Gasteiger partial charge in [0.25, 0.3) is 5.91 Å². The van der Waals surface area contributed by atoms with E-state index in [1.54, 1.807) is 0 Å². The number of piperidine rings is 1. The minimum atomic E-state index is -0.193. The summed E-state index contributed by atoms with van der Waals surface area (Å²) < 4.78 is 0. The lowest BCUT2D eigenvalue weighted by atomic mass is 9.87. The van der Waals surface area contributed by atoms with E-state index in [1.165, 1.54) is 0 Å². The molecule has 2 heterocycles. The number of nitrogens with one attached hydrogen (secondary N) is 2. The average molecular weight is 223 g/mol. The van der Waals surface area contributed by atoms with Crippen molar-refractivity contribution < 1.29 is 9.63 Å². The Balaban J connectivity index is 1.59. The van der Waals surface area contributed by atoms with E-state index >= 15 is 0 Å². The number of amides is 1. The van der Waals surface area contributed by atoms with Crippen LogP contribution in [-0.4, -0.2) is 36.4 Å². The van der Waals surface area contributed by atoms with Gasteiger partial charge in [-0.25, -0.2) is 0 Å². The van der Waals surface area contributed by atoms with Gasteiger partial charge in [0.1, 0.15) is 11.3 Å². The van der Waals surface area contributed by atoms with Gasteiger partial charge < -0.3 is 15.5 Å². The third kappa shape index (κ3) is 1.91. The second-order valence-electron chi connectivity index (χ2n) is 4.99. The molecule has 0 atom stereocenters. The van der Waals surface area contributed by atoms with Crippen LogP contribution in [0.25, 0.3) is 0 Å². The zero-order chi connectivity index (χ0) is 11.0. The number of carbonyl (C=O) groups excluding carboxylic acids is 1. The summed E-state index contributed by atoms with van der Waals surface area (Å²) in [7, 11) is 0. The molecule has 0 aromatic carbocycles. The smallest absolute Gasteiger partial charge is 0.269 e. The molecule has 3 aliphatic rings. The number of oxime groups is 1. The van der Waals surface area contributed by atoms with Gasteiger partial charge in [-0.3, -0.25) is 4.79 Å². The number of hydrogen-bond donors (Lipinski definition) is 2. The van der Waals surface area contributed by atoms with E-state index in [0.29, 0.717) is 18.2 Å². The average Bonchev–Trinajstić information content (AvgIpc) is 3.01. The lowest BCUT2D eigenvalue weighted by molar-refractivity contribution is -0.115. The molecule has 0 aromatic heterocycles. The van der Waals surface area contributed by atoms with Crippen molar-refractivity contribution >= 4 is 11.6 Å². The van der Waals surface area contributed by atoms with Crippen molar-refractivity contribution in [2.75, 3.05) is 13.1 Å². The largest absolute Gasteiger partial charge is 0.388 e. The van der Waals surface area contributed by atoms with Gasteiger partial charge in [0.15, 0.2) is 0 Å². The Morgan fingerprint density at radius 1 is 1.44 bits per heavy atom. The van der Waals surface area contributed by atoms with Crippen molar-refractivity contribution in [2.45, 2.75) is 43.7 Å². The lowest BCUT2D eigenvalue weighted by Gasteiger charge is -2.30. The van der Waals surface area contributed by atoms with Crippen molar-refractivity contribution in [3.63, 3.8) is 0 Å². The monoisotopic (exact) mass is 223 g/mol. The molecular weight excluding hydrogens is 206 g/mol. The van der Waals surface area contributed by atoms with E-state index in [9.17, 15) is 4.79 Å². The Labute approximate surface area is 94.6 Å². The highest BCUT2D eigenvalue weighted by atomic mass is 16.7. The molecule has 1 saturated heterocycles. The van der Waals surface area contributed by atoms with E-state index in [1.807, 2.05) is 0 Å². The van der Waals surface area contributed by atoms with Crippen LogP contribution in [0.2, 0.25) is 0 Å². The van der Waals surface area contributed by atoms with Gasteiger partial charge in [-0.15, -0.1) is 0 Å². The molecule has 3 rings (SSSR count). The van der Waals surface area contributed by atoms with Crippen LogP contribution in [0.4, 0.5) is 0 Å². The second-order valence-corrected chi connectivity index (χ2v) is 4.99. The Hall–Kier alpha value is -1.10. The number of carbonyl (C=O) groups is 1. The fraction of sp³-hybridized carbons (Fsp3) is 0.818. The van der Waals surface area contributed by atoms with Crippen LogP contribution in [0.5, 0.6) is 0 Å². The first-order valence-electron chi connectivity index (χ1n) is 6.04. The van der Waals surface area contributed by atoms with Crippen LogP contribution in [0.15, 0.2) is 5.16 Å². The highest BCUT2D eigenvalue weighted by Crippen LogP contribution is 2.32. The van der Waals surface area contributed by atoms with E-state index in [0.717, 1.165) is 38.8 Å². The van der Waals surface area contributed by atoms with Crippen molar-refractivity contribution in [3.8, 4) is 0 Å². The molecule has 5 heteroatoms. The summed E-state index contributed by atoms with van der Waals surface area (Å²) in [5.74, 6) is -0.0297. The summed E-state index contributed by atoms with van der Waals surface area (Å²) in [4.78, 5) is 17.3. The van der Waals surface area contributed by atoms with Gasteiger partial charge in [-0.1, -0.05) is 5.16 Å². The second kappa shape index (κ2) is 3.73. The number of rotatable bonds is 2. The maximum absolute atomic E-state index is 11.8. The molecule has 0 unspecified atom stereocenters. The highest BCUT2D eigenvalue weighted by molar-refractivity contribution is 6.39. The van der Waals surface area contributed by atoms with Crippen molar-refractivity contribution in [1.82, 2.24) is 10.6 Å². The van der Waals surface area contributed by atoms with Gasteiger partial charge >= 0.3 is 0 Å². The van der Waals surface area contributed by atoms with Gasteiger partial charge in [0, 0.05) is 25.3 Å². The summed E-state index contributed by atoms with van der Waals surface area (Å²) in [6.07, 6.45) is 4.77. The maximum atomic E-state index is 11.8. The van der Waals surface area contributed by atoms with Crippen LogP contribution in [0.1, 0.15) is 32.1 Å². The summed E-state index contributed by atoms with van der Waals surface area (Å²) in [6, 6.07) is 0.389. The third-order valence-electron chi connectivity index (χ3n) is 3.53. The maximum Gasteiger partial charge on any atom is 0.269 e. The molecule has 5 nitrogen and oxygen atoms in total. The van der Waals surface area contributed by atoms with Crippen LogP contribution in [-0.2, 0) is 9.63 Å². The van der Waals surface area contributed by atoms with Crippen LogP contribution >= 0.6 is 0 Å². The topological polar surface area (TPSA) is 62.7 Å². The van der Waals surface area contributed by atoms with Crippen molar-refractivity contribution in [1.29, 1.82) is 0 Å². The Morgan fingerprint density at radius 2 is 2.19 bits per heavy atom. The van der Waals surface area contributed by atoms with E-state index in [-0.39, 0.29) is 11.5 Å². The molecule has 88 valence electrons. The normalized spacial score (nSPS) is 27.4. The van der Waals surface area contributed by atoms with E-state index in [2.05, 4.69) is 15.8 Å². The molecular formula is C11H17N3O2. The molecule has 0 aromatic rings. The van der Waals surface area contributed by atoms with Gasteiger partial charge in [0.05, 0.1) is 0 Å². The van der Waals surface area contributed by atoms with E-state index in [4.69, 9.17) is 4.84 Å². The van der Waals surface area contributed by atoms with Gasteiger partial charge in [-0.2, -0.15) is 0 Å². The minimum Gasteiger partial charge on any atom is -0.388 e. The first-order chi connectivity index (χ1) is 7.77. The van der Waals surface area contributed by atoms with Crippen molar-refractivity contribution in [3.05, 3.63) is 0 Å². The molecule has 16 heavy (non-hydrogen) atoms. The number of hydrogen-bond acceptors (Lipinski definition) is 4. The van der Waals surface area contributed by atoms with Gasteiger partial charge in [0.2, 0.25) is 0 Å². The van der Waals surface area contributed by atoms with Crippen LogP contribution < -0.4 is 10.6 Å². The molecule has 0 radical (unpaired) electrons. The van der Waals surface area contributed by atoms with Crippen molar-refractivity contribution in [2.24, 2.45) is 5.16 Å². The summed E-state index contributed by atoms with van der Waals surface area (Å²) in [5.41, 5.74) is 0.385. The summed E-state index contributed by atoms with van der Waals surface area (Å²) in [6.45, 7) is 1.90. The molecule has 2 N–H and O–H groups in total. The first-order valence-corrected chi connectivity index (χ1v) is 6.04. The fourth-order valence-electron chi connectivity index (χ4n) is 2.29. The van der Waals surface area contributed by atoms with Crippen LogP contribution in [0.3, 0.4) is 0 Å². The molecule has 2 aliphatic heterocycles. The molecule has 1 saturated carbocycles. The predicted molar refractivity (Wildman–Crippen MR) is 59.1 cm³/mol. The van der Waals surface area contributed by atoms with Gasteiger partial charge in [-0.05, 0) is 25.9 Å². The Bertz CT molecular complexity index is 330. The molecule has 1 aliphatic carbocycles. The predicted octanol–water partition coefficient (Wildman–Crippen LogP) is 0.163. The molecule has 0 bridgehead atoms. The molecule has 1 spiro atoms. The SMILES string of the molecule is O=C(NC1CC1)C1=NOC2(CCNCC2)C1. The first kappa shape index (κ1) is 10.1. The molecule has 2 fully saturated rings. The zero-order valence-corrected chi connectivity index (χ0v) is 9.29. The van der Waals surface area contributed by atoms with E-state index < -0.39 is 0 Å². The zero-order valence-electron chi connectivity index (χ0n) is 9.29. The van der Waals surface area contributed by atoms with Crippen LogP contribution in [0, 0.1) is 0 Å². The Kier molecular flexibility index (Phi) is 2.35. The summed E-state index contributed by atoms with van der Waals surface area (Å²) >= 11 is 0. The highest BCUT2D eigenvalue weighted by Gasteiger charge is 2.42. The third-order valence-corrected chi connectivity index (χ3v) is 3.53. The number of nitrogens with zero attached hydrogens (tertiary/aromatic N) is 1. The molecule has 1 amide bonds. The quantitative estimate of drug-likeness (QED) is 0.701. The summed E-state index contributed by atoms with van der Waals surface area (Å²) in [5, 5.41) is 10.2.